The van der Waals surface area contributed by atoms with Gasteiger partial charge in [0.05, 0.1) is 34.8 Å². The summed E-state index contributed by atoms with van der Waals surface area (Å²) in [6, 6.07) is 7.57. The lowest BCUT2D eigenvalue weighted by Gasteiger charge is -2.53. The summed E-state index contributed by atoms with van der Waals surface area (Å²) >= 11 is 1.51. The molecule has 0 spiro atoms. The average Bonchev–Trinajstić information content (AvgIpc) is 4.06. The van der Waals surface area contributed by atoms with Crippen LogP contribution in [0.15, 0.2) is 35.8 Å². The van der Waals surface area contributed by atoms with E-state index in [9.17, 15) is 14.4 Å². The van der Waals surface area contributed by atoms with Crippen molar-refractivity contribution in [2.24, 2.45) is 29.1 Å². The van der Waals surface area contributed by atoms with Crippen molar-refractivity contribution in [2.45, 2.75) is 116 Å². The number of carbonyl (C=O) groups excluding carboxylic acids is 3. The first kappa shape index (κ1) is 39.9. The van der Waals surface area contributed by atoms with Gasteiger partial charge in [0.2, 0.25) is 5.91 Å². The predicted molar refractivity (Wildman–Crippen MR) is 231 cm³/mol. The Labute approximate surface area is 356 Å². The molecule has 3 saturated heterocycles. The van der Waals surface area contributed by atoms with Crippen LogP contribution in [0, 0.1) is 29.1 Å². The lowest BCUT2D eigenvalue weighted by Crippen LogP contribution is -2.71. The molecular formula is C47H59N7O5S. The van der Waals surface area contributed by atoms with Crippen molar-refractivity contribution in [3.63, 3.8) is 0 Å². The molecule has 3 saturated carbocycles. The largest absolute Gasteiger partial charge is 0.464 e. The molecule has 4 aromatic rings. The van der Waals surface area contributed by atoms with Crippen molar-refractivity contribution in [3.8, 4) is 22.5 Å². The maximum atomic E-state index is 14.4. The molecule has 13 heteroatoms. The van der Waals surface area contributed by atoms with E-state index in [0.717, 1.165) is 89.4 Å². The molecule has 8 bridgehead atoms. The van der Waals surface area contributed by atoms with Crippen molar-refractivity contribution in [2.75, 3.05) is 33.9 Å². The first-order valence-electron chi connectivity index (χ1n) is 22.2. The minimum Gasteiger partial charge on any atom is -0.464 e. The molecule has 1 aromatic carbocycles. The van der Waals surface area contributed by atoms with Crippen LogP contribution < -0.4 is 10.7 Å². The van der Waals surface area contributed by atoms with E-state index in [2.05, 4.69) is 97.7 Å². The topological polar surface area (TPSA) is 131 Å². The number of rotatable bonds is 7. The number of hydrogen-bond acceptors (Lipinski definition) is 10. The molecule has 2 amide bonds. The molecule has 2 N–H and O–H groups in total. The van der Waals surface area contributed by atoms with E-state index in [1.54, 1.807) is 12.1 Å². The number of piperidine rings is 1. The van der Waals surface area contributed by atoms with E-state index in [1.807, 2.05) is 0 Å². The Balaban J connectivity index is 1.11. The normalized spacial score (nSPS) is 31.4. The molecule has 4 aliphatic heterocycles. The van der Waals surface area contributed by atoms with Crippen LogP contribution in [-0.4, -0.2) is 94.2 Å². The molecule has 12 nitrogen and oxygen atoms in total. The lowest BCUT2D eigenvalue weighted by molar-refractivity contribution is -0.171. The van der Waals surface area contributed by atoms with Crippen molar-refractivity contribution in [1.29, 1.82) is 0 Å². The number of nitrogens with zero attached hydrogens (tertiary/aromatic N) is 5. The third kappa shape index (κ3) is 6.78. The van der Waals surface area contributed by atoms with Gasteiger partial charge in [-0.15, -0.1) is 11.3 Å². The Bertz CT molecular complexity index is 2380. The Hall–Kier alpha value is -4.17. The number of esters is 1. The number of benzene rings is 1. The van der Waals surface area contributed by atoms with Gasteiger partial charge in [0.25, 0.3) is 5.91 Å². The molecule has 7 aliphatic rings. The van der Waals surface area contributed by atoms with E-state index < -0.39 is 17.5 Å². The highest BCUT2D eigenvalue weighted by Crippen LogP contribution is 2.59. The summed E-state index contributed by atoms with van der Waals surface area (Å²) in [4.78, 5) is 54.6. The maximum absolute atomic E-state index is 14.4. The van der Waals surface area contributed by atoms with Gasteiger partial charge in [-0.05, 0) is 113 Å². The minimum atomic E-state index is -0.813. The zero-order valence-corrected chi connectivity index (χ0v) is 36.9. The van der Waals surface area contributed by atoms with E-state index >= 15 is 0 Å². The highest BCUT2D eigenvalue weighted by atomic mass is 32.1. The van der Waals surface area contributed by atoms with Gasteiger partial charge >= 0.3 is 5.97 Å². The Morgan fingerprint density at radius 1 is 1.18 bits per heavy atom. The van der Waals surface area contributed by atoms with E-state index in [0.29, 0.717) is 18.3 Å². The molecule has 3 aromatic heterocycles. The van der Waals surface area contributed by atoms with Crippen LogP contribution in [0.3, 0.4) is 0 Å². The number of amides is 2. The first-order valence-corrected chi connectivity index (χ1v) is 23.0. The predicted octanol–water partition coefficient (Wildman–Crippen LogP) is 6.45. The molecule has 6 fully saturated rings. The van der Waals surface area contributed by atoms with Crippen LogP contribution in [0.5, 0.6) is 0 Å². The summed E-state index contributed by atoms with van der Waals surface area (Å²) in [5.74, 6) is 0.272. The number of likely N-dealkylation sites (tertiary alicyclic amines) is 1. The van der Waals surface area contributed by atoms with Crippen LogP contribution in [0.1, 0.15) is 94.7 Å². The number of aryl methyl sites for hydroxylation is 1. The van der Waals surface area contributed by atoms with Gasteiger partial charge < -0.3 is 24.3 Å². The molecule has 7 atom stereocenters. The van der Waals surface area contributed by atoms with Crippen molar-refractivity contribution < 1.29 is 23.9 Å². The van der Waals surface area contributed by atoms with Crippen LogP contribution in [-0.2, 0) is 48.7 Å². The number of aromatic nitrogens is 3. The van der Waals surface area contributed by atoms with E-state index in [4.69, 9.17) is 19.4 Å². The molecule has 7 unspecified atom stereocenters. The third-order valence-corrected chi connectivity index (χ3v) is 15.8. The summed E-state index contributed by atoms with van der Waals surface area (Å²) in [6.45, 7) is 13.8. The fraction of sp³-hybridized carbons (Fsp3) is 0.596. The Kier molecular flexibility index (Phi) is 9.81. The molecule has 318 valence electrons. The second-order valence-corrected chi connectivity index (χ2v) is 20.7. The van der Waals surface area contributed by atoms with Crippen LogP contribution in [0.4, 0.5) is 0 Å². The molecule has 11 rings (SSSR count). The number of fused-ring (bicyclic) bond motifs is 5. The van der Waals surface area contributed by atoms with E-state index in [-0.39, 0.29) is 60.2 Å². The molecule has 7 heterocycles. The first-order chi connectivity index (χ1) is 28.8. The smallest absolute Gasteiger partial charge is 0.325 e. The second kappa shape index (κ2) is 14.7. The van der Waals surface area contributed by atoms with Gasteiger partial charge in [-0.1, -0.05) is 26.8 Å². The van der Waals surface area contributed by atoms with Crippen LogP contribution >= 0.6 is 11.3 Å². The Morgan fingerprint density at radius 2 is 1.98 bits per heavy atom. The van der Waals surface area contributed by atoms with Crippen LogP contribution in [0.2, 0.25) is 0 Å². The van der Waals surface area contributed by atoms with Gasteiger partial charge in [-0.2, -0.15) is 0 Å². The highest BCUT2D eigenvalue weighted by molar-refractivity contribution is 7.10. The molecule has 60 heavy (non-hydrogen) atoms. The number of pyridine rings is 1. The summed E-state index contributed by atoms with van der Waals surface area (Å²) in [5, 5.41) is 8.69. The maximum Gasteiger partial charge on any atom is 0.325 e. The summed E-state index contributed by atoms with van der Waals surface area (Å²) in [6.07, 6.45) is 7.38. The zero-order chi connectivity index (χ0) is 41.8. The van der Waals surface area contributed by atoms with Gasteiger partial charge in [0.15, 0.2) is 0 Å². The van der Waals surface area contributed by atoms with Crippen LogP contribution in [0.25, 0.3) is 33.4 Å². The highest BCUT2D eigenvalue weighted by Gasteiger charge is 2.57. The Morgan fingerprint density at radius 3 is 2.72 bits per heavy atom. The molecule has 0 radical (unpaired) electrons. The van der Waals surface area contributed by atoms with Crippen molar-refractivity contribution in [1.82, 2.24) is 35.2 Å². The number of nitrogens with one attached hydrogen (secondary N) is 2. The third-order valence-electron chi connectivity index (χ3n) is 15.0. The number of carbonyl (C=O) groups is 3. The lowest BCUT2D eigenvalue weighted by atomic mass is 9.73. The van der Waals surface area contributed by atoms with Crippen molar-refractivity contribution >= 4 is 40.0 Å². The summed E-state index contributed by atoms with van der Waals surface area (Å²) in [5.41, 5.74) is 11.6. The number of hydrogen-bond donors (Lipinski definition) is 2. The standard InChI is InChI=1S/C47H59N7O5S/c1-8-53-38-10-9-27-16-33(38)35(42(53)34-17-29(21-48-40(34)26(3)58-7)47-11-12-52(6)22-30(47)19-47)20-46(4,5)24-59-45(57)41-28-14-31(15-28)54(51-41)44(56)36(18-39-49-37(27)23-60-39)50-43(55)32-13-25(32)2/h9-10,16-17,21,23,25-26,28,30-32,36,41,51H,8,11-15,18-20,22,24H2,1-7H3,(H,50,55). The number of methoxy groups -OCH3 is 1. The quantitative estimate of drug-likeness (QED) is 0.202. The van der Waals surface area contributed by atoms with Gasteiger partial charge in [-0.3, -0.25) is 24.4 Å². The summed E-state index contributed by atoms with van der Waals surface area (Å²) < 4.78 is 14.7. The van der Waals surface area contributed by atoms with Gasteiger partial charge in [-0.25, -0.2) is 10.4 Å². The minimum absolute atomic E-state index is 0.0329. The van der Waals surface area contributed by atoms with Gasteiger partial charge in [0.1, 0.15) is 12.1 Å². The number of ether oxygens (including phenoxy) is 2. The monoisotopic (exact) mass is 833 g/mol. The fourth-order valence-corrected chi connectivity index (χ4v) is 11.8. The molecular weight excluding hydrogens is 775 g/mol. The fourth-order valence-electron chi connectivity index (χ4n) is 10.9. The zero-order valence-electron chi connectivity index (χ0n) is 36.0. The number of cyclic esters (lactones) is 1. The van der Waals surface area contributed by atoms with E-state index in [1.165, 1.54) is 28.9 Å². The summed E-state index contributed by atoms with van der Waals surface area (Å²) in [7, 11) is 3.98. The number of thiazole rings is 1. The number of hydrazine groups is 1. The van der Waals surface area contributed by atoms with Gasteiger partial charge in [0, 0.05) is 83.0 Å². The van der Waals surface area contributed by atoms with Crippen molar-refractivity contribution in [3.05, 3.63) is 57.7 Å². The molecule has 3 aliphatic carbocycles. The SMILES string of the molecule is CCn1c(-c2cc(C34CCN(C)CC3C4)cnc2C(C)OC)c2c3cc(ccc31)-c1csc(n1)CC(NC(=O)C1CC1C)C(=O)N1NC(C(=O)OCC(C)(C)C2)C2CC1C2. The average molecular weight is 834 g/mol. The second-order valence-electron chi connectivity index (χ2n) is 19.8.